The van der Waals surface area contributed by atoms with Gasteiger partial charge in [0.2, 0.25) is 0 Å². The zero-order chi connectivity index (χ0) is 15.7. The largest absolute Gasteiger partial charge is 0.366 e. The van der Waals surface area contributed by atoms with Gasteiger partial charge in [0.1, 0.15) is 11.6 Å². The van der Waals surface area contributed by atoms with Gasteiger partial charge in [0.25, 0.3) is 5.91 Å². The van der Waals surface area contributed by atoms with Crippen LogP contribution in [0.3, 0.4) is 0 Å². The minimum absolute atomic E-state index is 0.0524. The highest BCUT2D eigenvalue weighted by Gasteiger charge is 2.24. The molecule has 2 heterocycles. The van der Waals surface area contributed by atoms with Crippen molar-refractivity contribution < 1.29 is 9.18 Å². The Kier molecular flexibility index (Phi) is 3.30. The maximum Gasteiger partial charge on any atom is 0.250 e. The maximum atomic E-state index is 13.6. The van der Waals surface area contributed by atoms with E-state index in [0.29, 0.717) is 22.8 Å². The fourth-order valence-corrected chi connectivity index (χ4v) is 2.29. The fraction of sp³-hybridized carbons (Fsp3) is 0. The summed E-state index contributed by atoms with van der Waals surface area (Å²) in [5.41, 5.74) is 7.44. The van der Waals surface area contributed by atoms with E-state index < -0.39 is 11.7 Å². The van der Waals surface area contributed by atoms with Crippen LogP contribution in [-0.2, 0) is 0 Å². The molecule has 110 valence electrons. The maximum absolute atomic E-state index is 13.6. The van der Waals surface area contributed by atoms with Crippen molar-refractivity contribution in [3.05, 3.63) is 59.4 Å². The molecule has 1 aliphatic rings. The van der Waals surface area contributed by atoms with E-state index in [1.807, 2.05) is 0 Å². The number of hydrogen-bond donors (Lipinski definition) is 4. The van der Waals surface area contributed by atoms with Crippen LogP contribution in [-0.4, -0.2) is 17.1 Å². The van der Waals surface area contributed by atoms with Gasteiger partial charge in [-0.3, -0.25) is 9.78 Å². The molecule has 1 amide bonds. The third-order valence-electron chi connectivity index (χ3n) is 3.28. The number of pyridine rings is 1. The molecule has 0 radical (unpaired) electrons. The zero-order valence-corrected chi connectivity index (χ0v) is 11.4. The summed E-state index contributed by atoms with van der Waals surface area (Å²) in [5, 5.41) is 13.6. The third kappa shape index (κ3) is 2.28. The van der Waals surface area contributed by atoms with Gasteiger partial charge in [0, 0.05) is 24.2 Å². The van der Waals surface area contributed by atoms with Crippen LogP contribution in [0.25, 0.3) is 5.57 Å². The summed E-state index contributed by atoms with van der Waals surface area (Å²) in [6, 6.07) is 5.83. The molecule has 1 aliphatic heterocycles. The smallest absolute Gasteiger partial charge is 0.250 e. The highest BCUT2D eigenvalue weighted by molar-refractivity contribution is 6.13. The van der Waals surface area contributed by atoms with E-state index in [9.17, 15) is 9.18 Å². The first-order valence-corrected chi connectivity index (χ1v) is 6.42. The number of benzene rings is 1. The van der Waals surface area contributed by atoms with Crippen LogP contribution >= 0.6 is 0 Å². The van der Waals surface area contributed by atoms with Gasteiger partial charge in [-0.25, -0.2) is 4.39 Å². The number of rotatable bonds is 3. The average Bonchev–Trinajstić information content (AvgIpc) is 2.91. The Morgan fingerprint density at radius 2 is 2.00 bits per heavy atom. The highest BCUT2D eigenvalue weighted by atomic mass is 19.1. The molecule has 5 N–H and O–H groups in total. The number of anilines is 2. The van der Waals surface area contributed by atoms with Crippen molar-refractivity contribution in [1.29, 1.82) is 5.41 Å². The van der Waals surface area contributed by atoms with Gasteiger partial charge in [0.05, 0.1) is 16.9 Å². The first kappa shape index (κ1) is 13.7. The molecule has 0 saturated carbocycles. The van der Waals surface area contributed by atoms with Crippen LogP contribution in [0.15, 0.2) is 42.5 Å². The number of primary amides is 1. The number of nitrogens with zero attached hydrogens (tertiary/aromatic N) is 1. The summed E-state index contributed by atoms with van der Waals surface area (Å²) < 4.78 is 13.6. The lowest BCUT2D eigenvalue weighted by Gasteiger charge is -2.07. The molecule has 22 heavy (non-hydrogen) atoms. The van der Waals surface area contributed by atoms with Crippen molar-refractivity contribution in [1.82, 2.24) is 4.98 Å². The number of aromatic nitrogens is 1. The lowest BCUT2D eigenvalue weighted by Crippen LogP contribution is -2.13. The lowest BCUT2D eigenvalue weighted by molar-refractivity contribution is 0.100. The van der Waals surface area contributed by atoms with Crippen molar-refractivity contribution in [3.8, 4) is 0 Å². The minimum Gasteiger partial charge on any atom is -0.366 e. The Hall–Kier alpha value is -3.22. The molecule has 0 atom stereocenters. The topological polar surface area (TPSA) is 104 Å². The number of carbonyl (C=O) groups is 1. The van der Waals surface area contributed by atoms with Crippen molar-refractivity contribution in [2.45, 2.75) is 0 Å². The average molecular weight is 297 g/mol. The van der Waals surface area contributed by atoms with E-state index in [1.54, 1.807) is 24.5 Å². The molecule has 3 rings (SSSR count). The molecule has 6 nitrogen and oxygen atoms in total. The van der Waals surface area contributed by atoms with Gasteiger partial charge in [-0.15, -0.1) is 0 Å². The first-order valence-electron chi connectivity index (χ1n) is 6.42. The van der Waals surface area contributed by atoms with E-state index in [2.05, 4.69) is 15.6 Å². The molecule has 0 saturated heterocycles. The highest BCUT2D eigenvalue weighted by Crippen LogP contribution is 2.36. The summed E-state index contributed by atoms with van der Waals surface area (Å²) in [6.45, 7) is 0. The predicted octanol–water partition coefficient (Wildman–Crippen LogP) is 2.18. The minimum atomic E-state index is -0.730. The van der Waals surface area contributed by atoms with E-state index in [1.165, 1.54) is 6.07 Å². The van der Waals surface area contributed by atoms with Crippen LogP contribution in [0.1, 0.15) is 15.9 Å². The Morgan fingerprint density at radius 1 is 1.27 bits per heavy atom. The van der Waals surface area contributed by atoms with Gasteiger partial charge < -0.3 is 21.8 Å². The van der Waals surface area contributed by atoms with Gasteiger partial charge >= 0.3 is 0 Å². The number of fused-ring (bicyclic) bond motifs is 1. The Morgan fingerprint density at radius 3 is 2.64 bits per heavy atom. The Labute approximate surface area is 125 Å². The van der Waals surface area contributed by atoms with Crippen LogP contribution in [0, 0.1) is 11.2 Å². The second-order valence-electron chi connectivity index (χ2n) is 4.66. The third-order valence-corrected chi connectivity index (χ3v) is 3.28. The molecule has 0 aliphatic carbocycles. The van der Waals surface area contributed by atoms with Crippen molar-refractivity contribution in [2.75, 3.05) is 10.6 Å². The molecule has 1 aromatic heterocycles. The summed E-state index contributed by atoms with van der Waals surface area (Å²) in [7, 11) is 0. The van der Waals surface area contributed by atoms with Crippen molar-refractivity contribution >= 4 is 29.1 Å². The molecule has 0 spiro atoms. The van der Waals surface area contributed by atoms with E-state index in [0.717, 1.165) is 17.8 Å². The summed E-state index contributed by atoms with van der Waals surface area (Å²) >= 11 is 0. The number of nitrogens with two attached hydrogens (primary N) is 1. The summed E-state index contributed by atoms with van der Waals surface area (Å²) in [6.07, 6.45) is 4.38. The van der Waals surface area contributed by atoms with Gasteiger partial charge in [-0.2, -0.15) is 0 Å². The Balaban J connectivity index is 2.10. The number of hydrogen-bond acceptors (Lipinski definition) is 5. The molecule has 2 aromatic rings. The lowest BCUT2D eigenvalue weighted by atomic mass is 10.1. The number of allylic oxidation sites excluding steroid dienone is 1. The molecule has 0 bridgehead atoms. The monoisotopic (exact) mass is 297 g/mol. The van der Waals surface area contributed by atoms with Gasteiger partial charge in [-0.05, 0) is 29.8 Å². The number of nitrogens with one attached hydrogen (secondary N) is 3. The normalized spacial score (nSPS) is 14.6. The van der Waals surface area contributed by atoms with Crippen LogP contribution in [0.4, 0.5) is 15.8 Å². The summed E-state index contributed by atoms with van der Waals surface area (Å²) in [4.78, 5) is 15.4. The molecule has 0 unspecified atom stereocenters. The van der Waals surface area contributed by atoms with E-state index in [4.69, 9.17) is 11.1 Å². The van der Waals surface area contributed by atoms with Gasteiger partial charge in [0.15, 0.2) is 0 Å². The number of halogens is 1. The standard InChI is InChI=1S/C15H12FN5O/c16-9-5-10(14(18)22)13-12(6-9)20-15(21-13)11(7-17)8-1-3-19-4-2-8/h1-7,17,20-21H,(H2,18,22)/b15-11+,17-7?. The number of carbonyl (C=O) groups excluding carboxylic acids is 1. The Bertz CT molecular complexity index is 801. The zero-order valence-electron chi connectivity index (χ0n) is 11.4. The predicted molar refractivity (Wildman–Crippen MR) is 82.1 cm³/mol. The first-order chi connectivity index (χ1) is 10.6. The molecule has 7 heteroatoms. The number of amides is 1. The SMILES string of the molecule is N=C/C(=C1/Nc2cc(F)cc(C(N)=O)c2N1)c1ccncc1. The molecular weight excluding hydrogens is 285 g/mol. The fourth-order valence-electron chi connectivity index (χ4n) is 2.29. The van der Waals surface area contributed by atoms with E-state index in [-0.39, 0.29) is 5.56 Å². The van der Waals surface area contributed by atoms with Crippen LogP contribution in [0.5, 0.6) is 0 Å². The van der Waals surface area contributed by atoms with Gasteiger partial charge in [-0.1, -0.05) is 0 Å². The second-order valence-corrected chi connectivity index (χ2v) is 4.66. The van der Waals surface area contributed by atoms with Crippen LogP contribution in [0.2, 0.25) is 0 Å². The van der Waals surface area contributed by atoms with Crippen LogP contribution < -0.4 is 16.4 Å². The van der Waals surface area contributed by atoms with Crippen molar-refractivity contribution in [2.24, 2.45) is 5.73 Å². The van der Waals surface area contributed by atoms with Crippen molar-refractivity contribution in [3.63, 3.8) is 0 Å². The van der Waals surface area contributed by atoms with E-state index >= 15 is 0 Å². The quantitative estimate of drug-likeness (QED) is 0.652. The molecule has 0 fully saturated rings. The molecular formula is C15H12FN5O. The summed E-state index contributed by atoms with van der Waals surface area (Å²) in [5.74, 6) is -0.820. The molecule has 1 aromatic carbocycles. The second kappa shape index (κ2) is 5.28.